The van der Waals surface area contributed by atoms with Gasteiger partial charge in [0.1, 0.15) is 11.6 Å². The van der Waals surface area contributed by atoms with E-state index in [0.29, 0.717) is 25.7 Å². The van der Waals surface area contributed by atoms with Crippen LogP contribution < -0.4 is 0 Å². The predicted molar refractivity (Wildman–Crippen MR) is 91.7 cm³/mol. The Morgan fingerprint density at radius 2 is 1.61 bits per heavy atom. The van der Waals surface area contributed by atoms with E-state index in [1.807, 2.05) is 0 Å². The average molecular weight is 342 g/mol. The Morgan fingerprint density at radius 3 is 2.17 bits per heavy atom. The van der Waals surface area contributed by atoms with Crippen LogP contribution in [-0.2, 0) is 21.1 Å². The van der Waals surface area contributed by atoms with Crippen molar-refractivity contribution >= 4 is 15.6 Å². The summed E-state index contributed by atoms with van der Waals surface area (Å²) >= 11 is 0. The summed E-state index contributed by atoms with van der Waals surface area (Å²) in [4.78, 5) is 11.8. The monoisotopic (exact) mass is 342 g/mol. The Balaban J connectivity index is 2.18. The third-order valence-electron chi connectivity index (χ3n) is 3.91. The quantitative estimate of drug-likeness (QED) is 0.635. The number of unbranched alkanes of at least 4 members (excludes halogenated alkanes) is 2. The molecule has 0 fully saturated rings. The van der Waals surface area contributed by atoms with Crippen molar-refractivity contribution in [3.05, 3.63) is 35.6 Å². The first-order valence-corrected chi connectivity index (χ1v) is 9.75. The van der Waals surface area contributed by atoms with Gasteiger partial charge < -0.3 is 0 Å². The second-order valence-corrected chi connectivity index (χ2v) is 9.77. The molecule has 0 unspecified atom stereocenters. The third kappa shape index (κ3) is 7.25. The maximum atomic E-state index is 12.8. The summed E-state index contributed by atoms with van der Waals surface area (Å²) in [5.41, 5.74) is 0.955. The molecule has 3 nitrogen and oxygen atoms in total. The maximum absolute atomic E-state index is 12.8. The van der Waals surface area contributed by atoms with E-state index in [1.54, 1.807) is 32.9 Å². The summed E-state index contributed by atoms with van der Waals surface area (Å²) in [5.74, 6) is 0.0820. The average Bonchev–Trinajstić information content (AvgIpc) is 2.45. The van der Waals surface area contributed by atoms with Gasteiger partial charge in [-0.3, -0.25) is 4.79 Å². The van der Waals surface area contributed by atoms with Crippen molar-refractivity contribution in [3.8, 4) is 0 Å². The van der Waals surface area contributed by atoms with Crippen molar-refractivity contribution in [1.82, 2.24) is 0 Å². The molecular formula is C18H27FO3S. The maximum Gasteiger partial charge on any atom is 0.155 e. The van der Waals surface area contributed by atoms with Gasteiger partial charge in [0, 0.05) is 12.8 Å². The summed E-state index contributed by atoms with van der Waals surface area (Å²) in [6.45, 7) is 5.13. The van der Waals surface area contributed by atoms with Crippen molar-refractivity contribution in [3.63, 3.8) is 0 Å². The van der Waals surface area contributed by atoms with Gasteiger partial charge in [-0.05, 0) is 57.7 Å². The molecule has 0 saturated heterocycles. The Morgan fingerprint density at radius 1 is 1.00 bits per heavy atom. The van der Waals surface area contributed by atoms with E-state index >= 15 is 0 Å². The molecule has 5 heteroatoms. The predicted octanol–water partition coefficient (Wildman–Crippen LogP) is 4.10. The van der Waals surface area contributed by atoms with Gasteiger partial charge in [-0.25, -0.2) is 12.8 Å². The summed E-state index contributed by atoms with van der Waals surface area (Å²) in [7, 11) is -3.06. The van der Waals surface area contributed by atoms with Crippen LogP contribution in [0.2, 0.25) is 0 Å². The second kappa shape index (κ2) is 8.57. The number of Topliss-reactive ketones (excluding diaryl/α,β-unsaturated/α-hetero) is 1. The summed E-state index contributed by atoms with van der Waals surface area (Å²) in [6.07, 6.45) is 3.63. The molecule has 0 aromatic heterocycles. The number of aryl methyl sites for hydroxylation is 1. The largest absolute Gasteiger partial charge is 0.300 e. The Hall–Kier alpha value is -1.23. The van der Waals surface area contributed by atoms with Crippen LogP contribution in [-0.4, -0.2) is 24.7 Å². The number of halogens is 1. The van der Waals surface area contributed by atoms with Crippen LogP contribution in [0.1, 0.15) is 58.4 Å². The molecule has 0 saturated carbocycles. The fraction of sp³-hybridized carbons (Fsp3) is 0.611. The highest BCUT2D eigenvalue weighted by atomic mass is 32.2. The van der Waals surface area contributed by atoms with Crippen LogP contribution in [0.3, 0.4) is 0 Å². The number of carbonyl (C=O) groups excluding carboxylic acids is 1. The van der Waals surface area contributed by atoms with E-state index in [2.05, 4.69) is 0 Å². The molecule has 1 aromatic rings. The van der Waals surface area contributed by atoms with Crippen molar-refractivity contribution < 1.29 is 17.6 Å². The highest BCUT2D eigenvalue weighted by Crippen LogP contribution is 2.18. The number of hydrogen-bond acceptors (Lipinski definition) is 3. The molecule has 1 rings (SSSR count). The van der Waals surface area contributed by atoms with Crippen LogP contribution >= 0.6 is 0 Å². The van der Waals surface area contributed by atoms with Gasteiger partial charge in [0.15, 0.2) is 9.84 Å². The first kappa shape index (κ1) is 19.8. The van der Waals surface area contributed by atoms with Gasteiger partial charge in [0.2, 0.25) is 0 Å². The Kier molecular flexibility index (Phi) is 7.39. The van der Waals surface area contributed by atoms with Gasteiger partial charge in [0.05, 0.1) is 10.5 Å². The Labute approximate surface area is 139 Å². The molecule has 0 atom stereocenters. The summed E-state index contributed by atoms with van der Waals surface area (Å²) < 4.78 is 35.9. The first-order valence-electron chi connectivity index (χ1n) is 8.10. The number of carbonyl (C=O) groups is 1. The summed E-state index contributed by atoms with van der Waals surface area (Å²) in [6, 6.07) is 6.19. The SMILES string of the molecule is CC(C)(C)S(=O)(=O)CCCCCC(=O)CCc1ccc(F)cc1. The zero-order chi connectivity index (χ0) is 17.5. The smallest absolute Gasteiger partial charge is 0.155 e. The highest BCUT2D eigenvalue weighted by molar-refractivity contribution is 7.92. The number of hydrogen-bond donors (Lipinski definition) is 0. The number of sulfone groups is 1. The Bertz CT molecular complexity index is 598. The standard InChI is InChI=1S/C18H27FO3S/c1-18(2,3)23(21,22)14-6-4-5-7-17(20)13-10-15-8-11-16(19)12-9-15/h8-9,11-12H,4-7,10,13-14H2,1-3H3. The van der Waals surface area contributed by atoms with Gasteiger partial charge in [-0.15, -0.1) is 0 Å². The normalized spacial score (nSPS) is 12.3. The van der Waals surface area contributed by atoms with Gasteiger partial charge in [-0.2, -0.15) is 0 Å². The minimum Gasteiger partial charge on any atom is -0.300 e. The van der Waals surface area contributed by atoms with E-state index in [-0.39, 0.29) is 17.4 Å². The zero-order valence-corrected chi connectivity index (χ0v) is 15.1. The van der Waals surface area contributed by atoms with Crippen LogP contribution in [0.25, 0.3) is 0 Å². The molecule has 0 spiro atoms. The molecule has 0 bridgehead atoms. The van der Waals surface area contributed by atoms with Crippen molar-refractivity contribution in [1.29, 1.82) is 0 Å². The zero-order valence-electron chi connectivity index (χ0n) is 14.3. The van der Waals surface area contributed by atoms with Crippen molar-refractivity contribution in [2.75, 3.05) is 5.75 Å². The van der Waals surface area contributed by atoms with Gasteiger partial charge >= 0.3 is 0 Å². The second-order valence-electron chi connectivity index (χ2n) is 6.91. The number of benzene rings is 1. The molecule has 1 aromatic carbocycles. The first-order chi connectivity index (χ1) is 10.6. The van der Waals surface area contributed by atoms with Crippen molar-refractivity contribution in [2.45, 2.75) is 64.0 Å². The molecule has 23 heavy (non-hydrogen) atoms. The minimum atomic E-state index is -3.06. The van der Waals surface area contributed by atoms with E-state index < -0.39 is 14.6 Å². The number of ketones is 1. The molecule has 0 aliphatic rings. The lowest BCUT2D eigenvalue weighted by Crippen LogP contribution is -2.30. The van der Waals surface area contributed by atoms with E-state index in [4.69, 9.17) is 0 Å². The van der Waals surface area contributed by atoms with E-state index in [0.717, 1.165) is 18.4 Å². The molecule has 0 aliphatic carbocycles. The molecule has 0 N–H and O–H groups in total. The highest BCUT2D eigenvalue weighted by Gasteiger charge is 2.27. The summed E-state index contributed by atoms with van der Waals surface area (Å²) in [5, 5.41) is 0. The molecule has 0 amide bonds. The van der Waals surface area contributed by atoms with Crippen LogP contribution in [0.4, 0.5) is 4.39 Å². The van der Waals surface area contributed by atoms with Crippen LogP contribution in [0.5, 0.6) is 0 Å². The third-order valence-corrected chi connectivity index (χ3v) is 6.60. The fourth-order valence-electron chi connectivity index (χ4n) is 2.16. The lowest BCUT2D eigenvalue weighted by atomic mass is 10.0. The molecule has 130 valence electrons. The van der Waals surface area contributed by atoms with E-state index in [1.165, 1.54) is 12.1 Å². The van der Waals surface area contributed by atoms with Crippen molar-refractivity contribution in [2.24, 2.45) is 0 Å². The topological polar surface area (TPSA) is 51.2 Å². The van der Waals surface area contributed by atoms with Gasteiger partial charge in [0.25, 0.3) is 0 Å². The lowest BCUT2D eigenvalue weighted by molar-refractivity contribution is -0.119. The van der Waals surface area contributed by atoms with Crippen LogP contribution in [0, 0.1) is 5.82 Å². The molecule has 0 aliphatic heterocycles. The molecule has 0 radical (unpaired) electrons. The molecule has 0 heterocycles. The van der Waals surface area contributed by atoms with E-state index in [9.17, 15) is 17.6 Å². The number of rotatable bonds is 9. The minimum absolute atomic E-state index is 0.174. The van der Waals surface area contributed by atoms with Crippen LogP contribution in [0.15, 0.2) is 24.3 Å². The lowest BCUT2D eigenvalue weighted by Gasteiger charge is -2.18. The van der Waals surface area contributed by atoms with Gasteiger partial charge in [-0.1, -0.05) is 18.6 Å². The fourth-order valence-corrected chi connectivity index (χ4v) is 3.35. The molecular weight excluding hydrogens is 315 g/mol.